The summed E-state index contributed by atoms with van der Waals surface area (Å²) in [5.41, 5.74) is 0. The Morgan fingerprint density at radius 1 is 1.00 bits per heavy atom. The monoisotopic (exact) mass is 169 g/mol. The van der Waals surface area contributed by atoms with E-state index in [1.807, 2.05) is 13.2 Å². The minimum Gasteiger partial charge on any atom is -0.394 e. The summed E-state index contributed by atoms with van der Waals surface area (Å²) >= 11 is 0. The molecule has 0 radical (unpaired) electrons. The lowest BCUT2D eigenvalue weighted by Gasteiger charge is -1.97. The molecule has 0 atom stereocenters. The van der Waals surface area contributed by atoms with Crippen molar-refractivity contribution in [1.82, 2.24) is 5.32 Å². The molecule has 0 fully saturated rings. The Kier molecular flexibility index (Phi) is 10.1. The van der Waals surface area contributed by atoms with Crippen LogP contribution in [0.25, 0.3) is 0 Å². The standard InChI is InChI=1S/C11H23N/c1-3-4-5-6-7-8-9-10-11-12-2/h10-12H,3-9H2,1-2H3. The van der Waals surface area contributed by atoms with Crippen LogP contribution >= 0.6 is 0 Å². The van der Waals surface area contributed by atoms with Gasteiger partial charge in [-0.25, -0.2) is 0 Å². The molecule has 0 aromatic carbocycles. The van der Waals surface area contributed by atoms with E-state index in [4.69, 9.17) is 0 Å². The molecule has 1 nitrogen and oxygen atoms in total. The van der Waals surface area contributed by atoms with Gasteiger partial charge >= 0.3 is 0 Å². The molecular weight excluding hydrogens is 146 g/mol. The van der Waals surface area contributed by atoms with Crippen LogP contribution in [0.3, 0.4) is 0 Å². The third-order valence-corrected chi connectivity index (χ3v) is 2.01. The molecule has 0 saturated heterocycles. The van der Waals surface area contributed by atoms with Crippen molar-refractivity contribution in [3.63, 3.8) is 0 Å². The second kappa shape index (κ2) is 10.5. The maximum absolute atomic E-state index is 3.00. The van der Waals surface area contributed by atoms with Crippen molar-refractivity contribution in [3.05, 3.63) is 12.3 Å². The number of hydrogen-bond acceptors (Lipinski definition) is 1. The molecule has 0 amide bonds. The van der Waals surface area contributed by atoms with E-state index in [2.05, 4.69) is 18.3 Å². The van der Waals surface area contributed by atoms with E-state index in [1.165, 1.54) is 44.9 Å². The first-order valence-electron chi connectivity index (χ1n) is 5.24. The van der Waals surface area contributed by atoms with Crippen LogP contribution in [0.4, 0.5) is 0 Å². The van der Waals surface area contributed by atoms with Crippen LogP contribution < -0.4 is 5.32 Å². The summed E-state index contributed by atoms with van der Waals surface area (Å²) in [6.07, 6.45) is 13.8. The van der Waals surface area contributed by atoms with Gasteiger partial charge in [0.15, 0.2) is 0 Å². The van der Waals surface area contributed by atoms with Crippen LogP contribution in [0.2, 0.25) is 0 Å². The molecule has 0 aliphatic carbocycles. The zero-order chi connectivity index (χ0) is 9.07. The van der Waals surface area contributed by atoms with E-state index in [9.17, 15) is 0 Å². The Hall–Kier alpha value is -0.460. The highest BCUT2D eigenvalue weighted by Crippen LogP contribution is 2.06. The van der Waals surface area contributed by atoms with Gasteiger partial charge in [-0.05, 0) is 19.0 Å². The van der Waals surface area contributed by atoms with E-state index >= 15 is 0 Å². The van der Waals surface area contributed by atoms with Gasteiger partial charge in [0.1, 0.15) is 0 Å². The molecule has 0 bridgehead atoms. The minimum absolute atomic E-state index is 1.23. The van der Waals surface area contributed by atoms with Crippen LogP contribution in [-0.4, -0.2) is 7.05 Å². The summed E-state index contributed by atoms with van der Waals surface area (Å²) in [4.78, 5) is 0. The van der Waals surface area contributed by atoms with E-state index in [0.29, 0.717) is 0 Å². The molecular formula is C11H23N. The van der Waals surface area contributed by atoms with Gasteiger partial charge in [-0.3, -0.25) is 0 Å². The highest BCUT2D eigenvalue weighted by molar-refractivity contribution is 4.77. The highest BCUT2D eigenvalue weighted by atomic mass is 14.8. The molecule has 0 aliphatic heterocycles. The molecule has 0 heterocycles. The summed E-state index contributed by atoms with van der Waals surface area (Å²) in [6.45, 7) is 2.26. The van der Waals surface area contributed by atoms with Gasteiger partial charge in [0.2, 0.25) is 0 Å². The molecule has 0 aliphatic rings. The van der Waals surface area contributed by atoms with Crippen molar-refractivity contribution in [2.45, 2.75) is 51.9 Å². The fourth-order valence-electron chi connectivity index (χ4n) is 1.24. The maximum Gasteiger partial charge on any atom is 0.00276 e. The third-order valence-electron chi connectivity index (χ3n) is 2.01. The van der Waals surface area contributed by atoms with Crippen molar-refractivity contribution in [1.29, 1.82) is 0 Å². The van der Waals surface area contributed by atoms with Gasteiger partial charge in [-0.1, -0.05) is 45.1 Å². The molecule has 1 N–H and O–H groups in total. The first kappa shape index (κ1) is 11.5. The average Bonchev–Trinajstić information content (AvgIpc) is 2.10. The molecule has 0 unspecified atom stereocenters. The Morgan fingerprint density at radius 2 is 1.67 bits per heavy atom. The van der Waals surface area contributed by atoms with Crippen LogP contribution in [0, 0.1) is 0 Å². The zero-order valence-corrected chi connectivity index (χ0v) is 8.60. The lowest BCUT2D eigenvalue weighted by atomic mass is 10.1. The number of hydrogen-bond donors (Lipinski definition) is 1. The van der Waals surface area contributed by atoms with Crippen molar-refractivity contribution in [2.75, 3.05) is 7.05 Å². The first-order chi connectivity index (χ1) is 5.91. The Balaban J connectivity index is 2.86. The van der Waals surface area contributed by atoms with Gasteiger partial charge in [0.25, 0.3) is 0 Å². The Bertz CT molecular complexity index is 97.2. The summed E-state index contributed by atoms with van der Waals surface area (Å²) in [5.74, 6) is 0. The van der Waals surface area contributed by atoms with Crippen molar-refractivity contribution in [3.8, 4) is 0 Å². The summed E-state index contributed by atoms with van der Waals surface area (Å²) in [7, 11) is 1.94. The van der Waals surface area contributed by atoms with Crippen molar-refractivity contribution in [2.24, 2.45) is 0 Å². The fourth-order valence-corrected chi connectivity index (χ4v) is 1.24. The topological polar surface area (TPSA) is 12.0 Å². The van der Waals surface area contributed by atoms with Crippen molar-refractivity contribution >= 4 is 0 Å². The largest absolute Gasteiger partial charge is 0.394 e. The third kappa shape index (κ3) is 9.54. The smallest absolute Gasteiger partial charge is 0.00276 e. The number of unbranched alkanes of at least 4 members (excludes halogenated alkanes) is 6. The van der Waals surface area contributed by atoms with Crippen molar-refractivity contribution < 1.29 is 0 Å². The number of rotatable bonds is 8. The summed E-state index contributed by atoms with van der Waals surface area (Å²) < 4.78 is 0. The SMILES string of the molecule is CCCCCCCCC=CNC. The second-order valence-electron chi connectivity index (χ2n) is 3.25. The molecule has 72 valence electrons. The summed E-state index contributed by atoms with van der Waals surface area (Å²) in [5, 5.41) is 3.00. The van der Waals surface area contributed by atoms with Crippen LogP contribution in [0.1, 0.15) is 51.9 Å². The van der Waals surface area contributed by atoms with Crippen LogP contribution in [0.15, 0.2) is 12.3 Å². The van der Waals surface area contributed by atoms with Gasteiger partial charge in [-0.2, -0.15) is 0 Å². The van der Waals surface area contributed by atoms with Crippen LogP contribution in [-0.2, 0) is 0 Å². The average molecular weight is 169 g/mol. The molecule has 0 aromatic rings. The normalized spacial score (nSPS) is 10.8. The van der Waals surface area contributed by atoms with E-state index in [1.54, 1.807) is 0 Å². The molecule has 0 rings (SSSR count). The molecule has 0 spiro atoms. The fraction of sp³-hybridized carbons (Fsp3) is 0.818. The zero-order valence-electron chi connectivity index (χ0n) is 8.60. The maximum atomic E-state index is 3.00. The Labute approximate surface area is 77.2 Å². The molecule has 0 saturated carbocycles. The van der Waals surface area contributed by atoms with Gasteiger partial charge < -0.3 is 5.32 Å². The van der Waals surface area contributed by atoms with E-state index in [0.717, 1.165) is 0 Å². The molecule has 12 heavy (non-hydrogen) atoms. The predicted octanol–water partition coefficient (Wildman–Crippen LogP) is 3.47. The Morgan fingerprint density at radius 3 is 2.33 bits per heavy atom. The second-order valence-corrected chi connectivity index (χ2v) is 3.25. The minimum atomic E-state index is 1.23. The number of nitrogens with one attached hydrogen (secondary N) is 1. The molecule has 1 heteroatoms. The molecule has 0 aromatic heterocycles. The highest BCUT2D eigenvalue weighted by Gasteiger charge is 1.87. The van der Waals surface area contributed by atoms with Crippen LogP contribution in [0.5, 0.6) is 0 Å². The van der Waals surface area contributed by atoms with Gasteiger partial charge in [0, 0.05) is 7.05 Å². The summed E-state index contributed by atoms with van der Waals surface area (Å²) in [6, 6.07) is 0. The predicted molar refractivity (Wildman–Crippen MR) is 56.2 cm³/mol. The van der Waals surface area contributed by atoms with Gasteiger partial charge in [0.05, 0.1) is 0 Å². The quantitative estimate of drug-likeness (QED) is 0.549. The lowest BCUT2D eigenvalue weighted by molar-refractivity contribution is 0.611. The lowest BCUT2D eigenvalue weighted by Crippen LogP contribution is -1.90. The number of allylic oxidation sites excluding steroid dienone is 1. The van der Waals surface area contributed by atoms with E-state index in [-0.39, 0.29) is 0 Å². The van der Waals surface area contributed by atoms with E-state index < -0.39 is 0 Å². The van der Waals surface area contributed by atoms with Gasteiger partial charge in [-0.15, -0.1) is 0 Å². The first-order valence-corrected chi connectivity index (χ1v) is 5.24.